The number of aryl methyl sites for hydroxylation is 2. The lowest BCUT2D eigenvalue weighted by atomic mass is 9.96. The Labute approximate surface area is 106 Å². The molecule has 1 heterocycles. The maximum atomic E-state index is 12.2. The van der Waals surface area contributed by atoms with E-state index in [1.807, 2.05) is 20.8 Å². The number of nitrogens with one attached hydrogen (secondary N) is 1. The summed E-state index contributed by atoms with van der Waals surface area (Å²) in [7, 11) is 0. The quantitative estimate of drug-likeness (QED) is 0.856. The topological polar surface area (TPSA) is 68.0 Å². The Bertz CT molecular complexity index is 439. The molecule has 1 aliphatic rings. The first-order valence-corrected chi connectivity index (χ1v) is 6.74. The van der Waals surface area contributed by atoms with E-state index in [1.54, 1.807) is 11.3 Å². The third kappa shape index (κ3) is 2.50. The van der Waals surface area contributed by atoms with Gasteiger partial charge in [-0.25, -0.2) is 4.98 Å². The fraction of sp³-hybridized carbons (Fsp3) is 0.667. The zero-order valence-corrected chi connectivity index (χ0v) is 11.4. The summed E-state index contributed by atoms with van der Waals surface area (Å²) < 4.78 is 0. The first-order chi connectivity index (χ1) is 7.96. The van der Waals surface area contributed by atoms with Gasteiger partial charge >= 0.3 is 0 Å². The van der Waals surface area contributed by atoms with Crippen LogP contribution in [-0.2, 0) is 0 Å². The normalized spacial score (nSPS) is 18.8. The minimum atomic E-state index is -0.277. The van der Waals surface area contributed by atoms with Crippen molar-refractivity contribution in [2.75, 3.05) is 6.54 Å². The number of carbonyl (C=O) groups is 1. The van der Waals surface area contributed by atoms with E-state index in [2.05, 4.69) is 10.3 Å². The smallest absolute Gasteiger partial charge is 0.271 e. The lowest BCUT2D eigenvalue weighted by Crippen LogP contribution is -2.53. The Hall–Kier alpha value is -0.940. The summed E-state index contributed by atoms with van der Waals surface area (Å²) in [6.45, 7) is 6.34. The highest BCUT2D eigenvalue weighted by atomic mass is 32.1. The molecule has 1 aromatic heterocycles. The second kappa shape index (κ2) is 4.38. The number of aromatic nitrogens is 1. The number of hydrogen-bond donors (Lipinski definition) is 2. The molecule has 5 heteroatoms. The van der Waals surface area contributed by atoms with Gasteiger partial charge in [-0.1, -0.05) is 0 Å². The Morgan fingerprint density at radius 2 is 2.24 bits per heavy atom. The highest BCUT2D eigenvalue weighted by Gasteiger charge is 2.42. The number of nitrogens with two attached hydrogens (primary N) is 1. The fourth-order valence-corrected chi connectivity index (χ4v) is 2.91. The van der Waals surface area contributed by atoms with Gasteiger partial charge in [-0.05, 0) is 39.5 Å². The molecule has 3 N–H and O–H groups in total. The standard InChI is InChI=1S/C12H19N3OS/c1-7-10(14-8(2)17-7)11(16)15-12(3,6-13)9-4-5-9/h9H,4-6,13H2,1-3H3,(H,15,16). The molecule has 94 valence electrons. The van der Waals surface area contributed by atoms with Crippen LogP contribution < -0.4 is 11.1 Å². The summed E-state index contributed by atoms with van der Waals surface area (Å²) in [5.74, 6) is 0.434. The summed E-state index contributed by atoms with van der Waals surface area (Å²) in [4.78, 5) is 17.4. The summed E-state index contributed by atoms with van der Waals surface area (Å²) in [6, 6.07) is 0. The van der Waals surface area contributed by atoms with Crippen molar-refractivity contribution in [3.05, 3.63) is 15.6 Å². The van der Waals surface area contributed by atoms with Gasteiger partial charge in [0, 0.05) is 11.4 Å². The van der Waals surface area contributed by atoms with Crippen LogP contribution in [0, 0.1) is 19.8 Å². The van der Waals surface area contributed by atoms with Gasteiger partial charge in [-0.2, -0.15) is 0 Å². The first kappa shape index (κ1) is 12.5. The van der Waals surface area contributed by atoms with E-state index >= 15 is 0 Å². The van der Waals surface area contributed by atoms with Gasteiger partial charge in [0.15, 0.2) is 0 Å². The summed E-state index contributed by atoms with van der Waals surface area (Å²) >= 11 is 1.55. The predicted molar refractivity (Wildman–Crippen MR) is 69.2 cm³/mol. The average molecular weight is 253 g/mol. The van der Waals surface area contributed by atoms with Crippen LogP contribution >= 0.6 is 11.3 Å². The van der Waals surface area contributed by atoms with Crippen LogP contribution in [0.4, 0.5) is 0 Å². The van der Waals surface area contributed by atoms with Crippen molar-refractivity contribution >= 4 is 17.2 Å². The molecule has 2 rings (SSSR count). The molecule has 4 nitrogen and oxygen atoms in total. The highest BCUT2D eigenvalue weighted by molar-refractivity contribution is 7.11. The minimum Gasteiger partial charge on any atom is -0.344 e. The van der Waals surface area contributed by atoms with Crippen LogP contribution in [0.1, 0.15) is 40.1 Å². The molecule has 17 heavy (non-hydrogen) atoms. The van der Waals surface area contributed by atoms with Crippen molar-refractivity contribution in [1.82, 2.24) is 10.3 Å². The van der Waals surface area contributed by atoms with Gasteiger partial charge in [0.2, 0.25) is 0 Å². The number of nitrogens with zero attached hydrogens (tertiary/aromatic N) is 1. The van der Waals surface area contributed by atoms with E-state index < -0.39 is 0 Å². The Balaban J connectivity index is 2.13. The molecule has 0 spiro atoms. The molecular weight excluding hydrogens is 234 g/mol. The van der Waals surface area contributed by atoms with E-state index in [-0.39, 0.29) is 11.4 Å². The monoisotopic (exact) mass is 253 g/mol. The van der Waals surface area contributed by atoms with Gasteiger partial charge in [-0.3, -0.25) is 4.79 Å². The molecule has 0 bridgehead atoms. The molecule has 0 radical (unpaired) electrons. The van der Waals surface area contributed by atoms with E-state index in [0.717, 1.165) is 22.7 Å². The van der Waals surface area contributed by atoms with Crippen molar-refractivity contribution in [3.8, 4) is 0 Å². The molecule has 1 unspecified atom stereocenters. The number of rotatable bonds is 4. The second-order valence-electron chi connectivity index (χ2n) is 4.99. The van der Waals surface area contributed by atoms with Crippen molar-refractivity contribution < 1.29 is 4.79 Å². The Kier molecular flexibility index (Phi) is 3.23. The van der Waals surface area contributed by atoms with Crippen LogP contribution in [0.15, 0.2) is 0 Å². The number of thiazole rings is 1. The van der Waals surface area contributed by atoms with Crippen molar-refractivity contribution in [2.24, 2.45) is 11.7 Å². The molecule has 0 aliphatic heterocycles. The maximum absolute atomic E-state index is 12.2. The Morgan fingerprint density at radius 1 is 1.59 bits per heavy atom. The van der Waals surface area contributed by atoms with Gasteiger partial charge in [-0.15, -0.1) is 11.3 Å². The molecule has 1 fully saturated rings. The molecule has 0 aromatic carbocycles. The highest BCUT2D eigenvalue weighted by Crippen LogP contribution is 2.39. The molecule has 1 aliphatic carbocycles. The number of hydrogen-bond acceptors (Lipinski definition) is 4. The Morgan fingerprint density at radius 3 is 2.65 bits per heavy atom. The second-order valence-corrected chi connectivity index (χ2v) is 6.39. The van der Waals surface area contributed by atoms with Crippen LogP contribution in [-0.4, -0.2) is 23.0 Å². The molecule has 1 saturated carbocycles. The van der Waals surface area contributed by atoms with Gasteiger partial charge < -0.3 is 11.1 Å². The zero-order chi connectivity index (χ0) is 12.6. The third-order valence-electron chi connectivity index (χ3n) is 3.42. The molecule has 1 amide bonds. The summed E-state index contributed by atoms with van der Waals surface area (Å²) in [5.41, 5.74) is 6.06. The maximum Gasteiger partial charge on any atom is 0.271 e. The van der Waals surface area contributed by atoms with Crippen LogP contribution in [0.3, 0.4) is 0 Å². The first-order valence-electron chi connectivity index (χ1n) is 5.93. The fourth-order valence-electron chi connectivity index (χ4n) is 2.10. The molecular formula is C12H19N3OS. The third-order valence-corrected chi connectivity index (χ3v) is 4.31. The summed E-state index contributed by atoms with van der Waals surface area (Å²) in [5, 5.41) is 3.98. The van der Waals surface area contributed by atoms with Gasteiger partial charge in [0.1, 0.15) is 5.69 Å². The summed E-state index contributed by atoms with van der Waals surface area (Å²) in [6.07, 6.45) is 2.31. The zero-order valence-electron chi connectivity index (χ0n) is 10.5. The average Bonchev–Trinajstić information content (AvgIpc) is 3.05. The van der Waals surface area contributed by atoms with E-state index in [0.29, 0.717) is 18.2 Å². The minimum absolute atomic E-state index is 0.0910. The van der Waals surface area contributed by atoms with E-state index in [4.69, 9.17) is 5.73 Å². The van der Waals surface area contributed by atoms with Crippen LogP contribution in [0.5, 0.6) is 0 Å². The van der Waals surface area contributed by atoms with E-state index in [1.165, 1.54) is 0 Å². The molecule has 1 aromatic rings. The SMILES string of the molecule is Cc1nc(C(=O)NC(C)(CN)C2CC2)c(C)s1. The largest absolute Gasteiger partial charge is 0.344 e. The van der Waals surface area contributed by atoms with Crippen molar-refractivity contribution in [3.63, 3.8) is 0 Å². The lowest BCUT2D eigenvalue weighted by Gasteiger charge is -2.29. The van der Waals surface area contributed by atoms with Gasteiger partial charge in [0.05, 0.1) is 10.5 Å². The number of amides is 1. The number of carbonyl (C=O) groups excluding carboxylic acids is 1. The van der Waals surface area contributed by atoms with Crippen LogP contribution in [0.2, 0.25) is 0 Å². The van der Waals surface area contributed by atoms with Gasteiger partial charge in [0.25, 0.3) is 5.91 Å². The lowest BCUT2D eigenvalue weighted by molar-refractivity contribution is 0.0892. The predicted octanol–water partition coefficient (Wildman–Crippen LogP) is 1.62. The van der Waals surface area contributed by atoms with Crippen LogP contribution in [0.25, 0.3) is 0 Å². The van der Waals surface area contributed by atoms with Crippen molar-refractivity contribution in [1.29, 1.82) is 0 Å². The molecule has 0 saturated heterocycles. The van der Waals surface area contributed by atoms with Crippen molar-refractivity contribution in [2.45, 2.75) is 39.2 Å². The van der Waals surface area contributed by atoms with E-state index in [9.17, 15) is 4.79 Å². The molecule has 1 atom stereocenters.